The lowest BCUT2D eigenvalue weighted by Crippen LogP contribution is -2.22. The zero-order valence-electron chi connectivity index (χ0n) is 5.86. The van der Waals surface area contributed by atoms with Gasteiger partial charge in [-0.15, -0.1) is 0 Å². The van der Waals surface area contributed by atoms with E-state index in [-0.39, 0.29) is 12.5 Å². The van der Waals surface area contributed by atoms with Crippen molar-refractivity contribution in [3.63, 3.8) is 0 Å². The number of rotatable bonds is 4. The summed E-state index contributed by atoms with van der Waals surface area (Å²) in [6.07, 6.45) is 0.919. The van der Waals surface area contributed by atoms with Crippen LogP contribution in [0.2, 0.25) is 0 Å². The van der Waals surface area contributed by atoms with Crippen LogP contribution in [0.25, 0.3) is 0 Å². The lowest BCUT2D eigenvalue weighted by Gasteiger charge is -2.14. The lowest BCUT2D eigenvalue weighted by atomic mass is 10.2. The van der Waals surface area contributed by atoms with Crippen LogP contribution in [0.1, 0.15) is 13.3 Å². The number of carbonyl (C=O) groups excluding carboxylic acids is 1. The van der Waals surface area contributed by atoms with Gasteiger partial charge >= 0.3 is 0 Å². The SMILES string of the molecule is COC(C)CC(F)(Br)[C]=O. The Morgan fingerprint density at radius 2 is 2.40 bits per heavy atom. The van der Waals surface area contributed by atoms with Crippen LogP contribution in [0.4, 0.5) is 4.39 Å². The zero-order valence-corrected chi connectivity index (χ0v) is 7.44. The molecule has 4 heteroatoms. The lowest BCUT2D eigenvalue weighted by molar-refractivity contribution is 0.0917. The third-order valence-corrected chi connectivity index (χ3v) is 1.58. The smallest absolute Gasteiger partial charge is 0.250 e. The van der Waals surface area contributed by atoms with E-state index < -0.39 is 4.58 Å². The fraction of sp³-hybridized carbons (Fsp3) is 0.833. The molecule has 0 rings (SSSR count). The molecular weight excluding hydrogens is 203 g/mol. The standard InChI is InChI=1S/C6H9BrFO2/c1-5(10-2)3-6(7,8)4-9/h5H,3H2,1-2H3. The van der Waals surface area contributed by atoms with Gasteiger partial charge in [0.1, 0.15) is 0 Å². The van der Waals surface area contributed by atoms with Crippen molar-refractivity contribution in [2.24, 2.45) is 0 Å². The molecule has 10 heavy (non-hydrogen) atoms. The van der Waals surface area contributed by atoms with Crippen molar-refractivity contribution in [1.82, 2.24) is 0 Å². The predicted octanol–water partition coefficient (Wildman–Crippen LogP) is 1.58. The minimum Gasteiger partial charge on any atom is -0.382 e. The molecule has 0 bridgehead atoms. The summed E-state index contributed by atoms with van der Waals surface area (Å²) in [7, 11) is 1.46. The van der Waals surface area contributed by atoms with Gasteiger partial charge in [-0.25, -0.2) is 4.39 Å². The molecule has 1 radical (unpaired) electrons. The first-order valence-electron chi connectivity index (χ1n) is 2.82. The summed E-state index contributed by atoms with van der Waals surface area (Å²) in [4.78, 5) is 9.88. The van der Waals surface area contributed by atoms with Gasteiger partial charge in [0.05, 0.1) is 6.10 Å². The maximum Gasteiger partial charge on any atom is 0.250 e. The largest absolute Gasteiger partial charge is 0.382 e. The number of hydrogen-bond donors (Lipinski definition) is 0. The molecule has 59 valence electrons. The summed E-state index contributed by atoms with van der Waals surface area (Å²) >= 11 is 2.55. The van der Waals surface area contributed by atoms with Crippen LogP contribution in [0.5, 0.6) is 0 Å². The molecule has 0 spiro atoms. The van der Waals surface area contributed by atoms with Crippen LogP contribution in [0, 0.1) is 0 Å². The van der Waals surface area contributed by atoms with Crippen LogP contribution in [0.15, 0.2) is 0 Å². The maximum atomic E-state index is 12.7. The molecule has 0 N–H and O–H groups in total. The van der Waals surface area contributed by atoms with Crippen molar-refractivity contribution >= 4 is 22.2 Å². The summed E-state index contributed by atoms with van der Waals surface area (Å²) in [6, 6.07) is 0. The highest BCUT2D eigenvalue weighted by Crippen LogP contribution is 2.23. The molecular formula is C6H9BrFO2. The Morgan fingerprint density at radius 1 is 1.90 bits per heavy atom. The minimum absolute atomic E-state index is 0.0208. The van der Waals surface area contributed by atoms with E-state index in [9.17, 15) is 9.18 Å². The second-order valence-electron chi connectivity index (χ2n) is 2.06. The van der Waals surface area contributed by atoms with Crippen LogP contribution < -0.4 is 0 Å². The highest BCUT2D eigenvalue weighted by Gasteiger charge is 2.28. The second kappa shape index (κ2) is 4.03. The van der Waals surface area contributed by atoms with Gasteiger partial charge in [0.2, 0.25) is 4.58 Å². The normalized spacial score (nSPS) is 19.6. The molecule has 0 aromatic carbocycles. The van der Waals surface area contributed by atoms with Crippen LogP contribution >= 0.6 is 15.9 Å². The predicted molar refractivity (Wildman–Crippen MR) is 39.5 cm³/mol. The molecule has 0 aromatic rings. The van der Waals surface area contributed by atoms with Crippen molar-refractivity contribution in [2.45, 2.75) is 24.0 Å². The van der Waals surface area contributed by atoms with Crippen molar-refractivity contribution in [3.8, 4) is 0 Å². The summed E-state index contributed by atoms with van der Waals surface area (Å²) in [5.74, 6) is 0. The topological polar surface area (TPSA) is 26.3 Å². The van der Waals surface area contributed by atoms with Gasteiger partial charge in [0.15, 0.2) is 0 Å². The molecule has 0 saturated heterocycles. The van der Waals surface area contributed by atoms with Crippen molar-refractivity contribution < 1.29 is 13.9 Å². The first kappa shape index (κ1) is 10.0. The van der Waals surface area contributed by atoms with E-state index in [4.69, 9.17) is 4.74 Å². The summed E-state index contributed by atoms with van der Waals surface area (Å²) in [6.45, 7) is 1.67. The minimum atomic E-state index is -2.05. The molecule has 0 heterocycles. The van der Waals surface area contributed by atoms with E-state index in [0.29, 0.717) is 0 Å². The van der Waals surface area contributed by atoms with Crippen molar-refractivity contribution in [2.75, 3.05) is 7.11 Å². The van der Waals surface area contributed by atoms with Gasteiger partial charge in [-0.1, -0.05) is 0 Å². The van der Waals surface area contributed by atoms with E-state index in [1.54, 1.807) is 6.92 Å². The molecule has 0 aliphatic carbocycles. The Balaban J connectivity index is 3.75. The first-order chi connectivity index (χ1) is 4.52. The number of alkyl halides is 2. The van der Waals surface area contributed by atoms with Crippen molar-refractivity contribution in [3.05, 3.63) is 0 Å². The Kier molecular flexibility index (Phi) is 4.05. The Bertz CT molecular complexity index is 116. The van der Waals surface area contributed by atoms with Gasteiger partial charge in [0, 0.05) is 13.5 Å². The van der Waals surface area contributed by atoms with Crippen LogP contribution in [-0.2, 0) is 9.53 Å². The first-order valence-corrected chi connectivity index (χ1v) is 3.61. The monoisotopic (exact) mass is 211 g/mol. The molecule has 0 aliphatic heterocycles. The Hall–Kier alpha value is 0.0400. The average molecular weight is 212 g/mol. The van der Waals surface area contributed by atoms with Crippen LogP contribution in [-0.4, -0.2) is 24.1 Å². The number of halogens is 2. The van der Waals surface area contributed by atoms with Gasteiger partial charge in [-0.2, -0.15) is 0 Å². The second-order valence-corrected chi connectivity index (χ2v) is 3.31. The van der Waals surface area contributed by atoms with E-state index in [0.717, 1.165) is 0 Å². The van der Waals surface area contributed by atoms with E-state index in [1.165, 1.54) is 13.4 Å². The van der Waals surface area contributed by atoms with E-state index in [2.05, 4.69) is 15.9 Å². The molecule has 0 aliphatic rings. The molecule has 0 amide bonds. The van der Waals surface area contributed by atoms with E-state index in [1.807, 2.05) is 0 Å². The fourth-order valence-electron chi connectivity index (χ4n) is 0.486. The summed E-state index contributed by atoms with van der Waals surface area (Å²) < 4.78 is 15.4. The van der Waals surface area contributed by atoms with E-state index >= 15 is 0 Å². The molecule has 2 nitrogen and oxygen atoms in total. The van der Waals surface area contributed by atoms with Gasteiger partial charge in [-0.3, -0.25) is 4.79 Å². The molecule has 0 aromatic heterocycles. The van der Waals surface area contributed by atoms with Crippen LogP contribution in [0.3, 0.4) is 0 Å². The highest BCUT2D eigenvalue weighted by atomic mass is 79.9. The summed E-state index contributed by atoms with van der Waals surface area (Å²) in [5, 5.41) is 0. The maximum absolute atomic E-state index is 12.7. The number of ether oxygens (including phenoxy) is 1. The Morgan fingerprint density at radius 3 is 2.70 bits per heavy atom. The third kappa shape index (κ3) is 3.95. The molecule has 0 saturated carbocycles. The van der Waals surface area contributed by atoms with Gasteiger partial charge in [0.25, 0.3) is 6.29 Å². The number of methoxy groups -OCH3 is 1. The summed E-state index contributed by atoms with van der Waals surface area (Å²) in [5.41, 5.74) is 0. The molecule has 0 fully saturated rings. The van der Waals surface area contributed by atoms with Gasteiger partial charge < -0.3 is 4.74 Å². The molecule has 2 atom stereocenters. The zero-order chi connectivity index (χ0) is 8.20. The van der Waals surface area contributed by atoms with Gasteiger partial charge in [-0.05, 0) is 22.9 Å². The highest BCUT2D eigenvalue weighted by molar-refractivity contribution is 9.10. The van der Waals surface area contributed by atoms with Crippen molar-refractivity contribution in [1.29, 1.82) is 0 Å². The Labute approximate surface area is 67.9 Å². The number of hydrogen-bond acceptors (Lipinski definition) is 2. The average Bonchev–Trinajstić information content (AvgIpc) is 1.87. The third-order valence-electron chi connectivity index (χ3n) is 1.10. The fourth-order valence-corrected chi connectivity index (χ4v) is 0.942. The molecule has 2 unspecified atom stereocenters. The quantitative estimate of drug-likeness (QED) is 0.661.